The molecule has 1 atom stereocenters. The molecule has 1 heterocycles. The molecule has 1 unspecified atom stereocenters. The van der Waals surface area contributed by atoms with Gasteiger partial charge in [-0.05, 0) is 43.4 Å². The number of halogens is 2. The molecule has 3 rings (SSSR count). The Morgan fingerprint density at radius 2 is 1.86 bits per heavy atom. The minimum absolute atomic E-state index is 0.0360. The van der Waals surface area contributed by atoms with Gasteiger partial charge in [0.05, 0.1) is 12.6 Å². The van der Waals surface area contributed by atoms with Crippen LogP contribution >= 0.6 is 0 Å². The monoisotopic (exact) mass is 296 g/mol. The fourth-order valence-corrected chi connectivity index (χ4v) is 3.23. The van der Waals surface area contributed by atoms with Crippen LogP contribution in [0.2, 0.25) is 0 Å². The van der Waals surface area contributed by atoms with Gasteiger partial charge in [0.1, 0.15) is 6.17 Å². The molecule has 2 N–H and O–H groups in total. The molecule has 1 amide bonds. The van der Waals surface area contributed by atoms with E-state index < -0.39 is 17.8 Å². The van der Waals surface area contributed by atoms with Crippen molar-refractivity contribution in [3.8, 4) is 0 Å². The lowest BCUT2D eigenvalue weighted by Crippen LogP contribution is -2.42. The molecule has 1 saturated heterocycles. The molecule has 0 aromatic heterocycles. The summed E-state index contributed by atoms with van der Waals surface area (Å²) < 4.78 is 26.5. The van der Waals surface area contributed by atoms with Crippen LogP contribution in [0.5, 0.6) is 0 Å². The van der Waals surface area contributed by atoms with Crippen LogP contribution in [0.25, 0.3) is 0 Å². The third kappa shape index (κ3) is 2.78. The van der Waals surface area contributed by atoms with Crippen molar-refractivity contribution < 1.29 is 18.7 Å². The number of benzene rings is 1. The molecule has 1 saturated carbocycles. The third-order valence-electron chi connectivity index (χ3n) is 4.33. The lowest BCUT2D eigenvalue weighted by molar-refractivity contribution is -0.131. The van der Waals surface area contributed by atoms with E-state index in [2.05, 4.69) is 5.32 Å². The molecule has 1 aromatic carbocycles. The Hall–Kier alpha value is -1.53. The third-order valence-corrected chi connectivity index (χ3v) is 4.33. The predicted octanol–water partition coefficient (Wildman–Crippen LogP) is 1.70. The van der Waals surface area contributed by atoms with Crippen LogP contribution in [0.4, 0.5) is 8.78 Å². The molecule has 2 aliphatic rings. The number of carbonyl (C=O) groups excluding carboxylic acids is 1. The molecule has 0 spiro atoms. The first-order valence-electron chi connectivity index (χ1n) is 7.24. The van der Waals surface area contributed by atoms with Crippen LogP contribution in [-0.4, -0.2) is 34.6 Å². The highest BCUT2D eigenvalue weighted by Crippen LogP contribution is 2.32. The first kappa shape index (κ1) is 14.4. The Morgan fingerprint density at radius 3 is 2.52 bits per heavy atom. The summed E-state index contributed by atoms with van der Waals surface area (Å²) in [6, 6.07) is 3.75. The van der Waals surface area contributed by atoms with Crippen molar-refractivity contribution in [3.63, 3.8) is 0 Å². The zero-order valence-corrected chi connectivity index (χ0v) is 11.6. The minimum Gasteiger partial charge on any atom is -0.393 e. The molecule has 6 heteroatoms. The number of amides is 1. The van der Waals surface area contributed by atoms with Crippen LogP contribution in [0.1, 0.15) is 37.4 Å². The van der Waals surface area contributed by atoms with Crippen LogP contribution in [0.15, 0.2) is 18.2 Å². The highest BCUT2D eigenvalue weighted by molar-refractivity contribution is 5.81. The molecular formula is C15H18F2N2O2. The van der Waals surface area contributed by atoms with Crippen molar-refractivity contribution in [2.24, 2.45) is 0 Å². The maximum absolute atomic E-state index is 13.4. The highest BCUT2D eigenvalue weighted by atomic mass is 19.2. The Balaban J connectivity index is 1.83. The number of rotatable bonds is 2. The van der Waals surface area contributed by atoms with E-state index in [0.29, 0.717) is 18.4 Å². The van der Waals surface area contributed by atoms with Crippen molar-refractivity contribution in [1.29, 1.82) is 0 Å². The van der Waals surface area contributed by atoms with Gasteiger partial charge in [0.15, 0.2) is 11.6 Å². The van der Waals surface area contributed by atoms with E-state index in [1.807, 2.05) is 0 Å². The summed E-state index contributed by atoms with van der Waals surface area (Å²) in [5.74, 6) is -1.84. The van der Waals surface area contributed by atoms with Crippen LogP contribution in [0.3, 0.4) is 0 Å². The number of carbonyl (C=O) groups is 1. The van der Waals surface area contributed by atoms with Gasteiger partial charge >= 0.3 is 0 Å². The number of aliphatic hydroxyl groups is 1. The normalized spacial score (nSPS) is 30.0. The van der Waals surface area contributed by atoms with E-state index >= 15 is 0 Å². The molecule has 114 valence electrons. The molecule has 0 bridgehead atoms. The average molecular weight is 296 g/mol. The Bertz CT molecular complexity index is 544. The number of nitrogens with zero attached hydrogens (tertiary/aromatic N) is 1. The molecule has 0 radical (unpaired) electrons. The maximum atomic E-state index is 13.4. The Kier molecular flexibility index (Phi) is 3.91. The number of nitrogens with one attached hydrogen (secondary N) is 1. The summed E-state index contributed by atoms with van der Waals surface area (Å²) in [6.07, 6.45) is 2.07. The summed E-state index contributed by atoms with van der Waals surface area (Å²) in [5, 5.41) is 12.6. The van der Waals surface area contributed by atoms with Crippen LogP contribution < -0.4 is 5.32 Å². The van der Waals surface area contributed by atoms with Gasteiger partial charge in [-0.25, -0.2) is 8.78 Å². The quantitative estimate of drug-likeness (QED) is 0.873. The molecule has 1 aliphatic carbocycles. The number of aliphatic hydroxyl groups excluding tert-OH is 1. The van der Waals surface area contributed by atoms with Crippen molar-refractivity contribution in [2.75, 3.05) is 6.54 Å². The van der Waals surface area contributed by atoms with E-state index in [-0.39, 0.29) is 24.6 Å². The first-order chi connectivity index (χ1) is 10.1. The summed E-state index contributed by atoms with van der Waals surface area (Å²) >= 11 is 0. The van der Waals surface area contributed by atoms with E-state index in [1.54, 1.807) is 4.90 Å². The van der Waals surface area contributed by atoms with Crippen molar-refractivity contribution in [3.05, 3.63) is 35.4 Å². The number of hydrogen-bond acceptors (Lipinski definition) is 3. The summed E-state index contributed by atoms with van der Waals surface area (Å²) in [7, 11) is 0. The van der Waals surface area contributed by atoms with Gasteiger partial charge in [0.2, 0.25) is 5.91 Å². The smallest absolute Gasteiger partial charge is 0.238 e. The van der Waals surface area contributed by atoms with Gasteiger partial charge in [-0.3, -0.25) is 10.1 Å². The van der Waals surface area contributed by atoms with E-state index in [1.165, 1.54) is 6.07 Å². The van der Waals surface area contributed by atoms with Crippen molar-refractivity contribution in [1.82, 2.24) is 10.2 Å². The van der Waals surface area contributed by atoms with Gasteiger partial charge < -0.3 is 10.0 Å². The average Bonchev–Trinajstić information content (AvgIpc) is 2.85. The zero-order chi connectivity index (χ0) is 15.0. The largest absolute Gasteiger partial charge is 0.393 e. The highest BCUT2D eigenvalue weighted by Gasteiger charge is 2.38. The maximum Gasteiger partial charge on any atom is 0.238 e. The minimum atomic E-state index is -0.910. The summed E-state index contributed by atoms with van der Waals surface area (Å²) in [5.41, 5.74) is 0.547. The van der Waals surface area contributed by atoms with Gasteiger partial charge in [-0.15, -0.1) is 0 Å². The SMILES string of the molecule is O=C1CNC(c2ccc(F)c(F)c2)N1C1CCC(O)CC1. The van der Waals surface area contributed by atoms with E-state index in [9.17, 15) is 18.7 Å². The zero-order valence-electron chi connectivity index (χ0n) is 11.6. The fraction of sp³-hybridized carbons (Fsp3) is 0.533. The van der Waals surface area contributed by atoms with Crippen LogP contribution in [-0.2, 0) is 4.79 Å². The second kappa shape index (κ2) is 5.69. The van der Waals surface area contributed by atoms with Crippen molar-refractivity contribution >= 4 is 5.91 Å². The van der Waals surface area contributed by atoms with E-state index in [0.717, 1.165) is 25.0 Å². The second-order valence-corrected chi connectivity index (χ2v) is 5.72. The van der Waals surface area contributed by atoms with Gasteiger partial charge in [-0.1, -0.05) is 6.07 Å². The second-order valence-electron chi connectivity index (χ2n) is 5.72. The Labute approximate surface area is 121 Å². The Morgan fingerprint density at radius 1 is 1.14 bits per heavy atom. The molecule has 2 fully saturated rings. The fourth-order valence-electron chi connectivity index (χ4n) is 3.23. The topological polar surface area (TPSA) is 52.6 Å². The number of hydrogen-bond donors (Lipinski definition) is 2. The van der Waals surface area contributed by atoms with E-state index in [4.69, 9.17) is 0 Å². The molecule has 4 nitrogen and oxygen atoms in total. The van der Waals surface area contributed by atoms with Gasteiger partial charge in [0, 0.05) is 6.04 Å². The van der Waals surface area contributed by atoms with Crippen molar-refractivity contribution in [2.45, 2.75) is 44.0 Å². The molecule has 1 aromatic rings. The molecule has 21 heavy (non-hydrogen) atoms. The first-order valence-corrected chi connectivity index (χ1v) is 7.24. The van der Waals surface area contributed by atoms with Crippen LogP contribution in [0, 0.1) is 11.6 Å². The lowest BCUT2D eigenvalue weighted by Gasteiger charge is -2.36. The summed E-state index contributed by atoms with van der Waals surface area (Å²) in [4.78, 5) is 13.8. The van der Waals surface area contributed by atoms with Gasteiger partial charge in [-0.2, -0.15) is 0 Å². The van der Waals surface area contributed by atoms with Gasteiger partial charge in [0.25, 0.3) is 0 Å². The molecule has 1 aliphatic heterocycles. The molecular weight excluding hydrogens is 278 g/mol. The lowest BCUT2D eigenvalue weighted by atomic mass is 9.91. The summed E-state index contributed by atoms with van der Waals surface area (Å²) in [6.45, 7) is 0.197. The predicted molar refractivity (Wildman–Crippen MR) is 72.2 cm³/mol. The standard InChI is InChI=1S/C15H18F2N2O2/c16-12-6-1-9(7-13(12)17)15-18-8-14(21)19(15)10-2-4-11(20)5-3-10/h1,6-7,10-11,15,18,20H,2-5,8H2.